The lowest BCUT2D eigenvalue weighted by Gasteiger charge is -2.37. The molecule has 0 aliphatic carbocycles. The van der Waals surface area contributed by atoms with Crippen molar-refractivity contribution in [3.05, 3.63) is 35.4 Å². The fraction of sp³-hybridized carbons (Fsp3) is 0.462. The van der Waals surface area contributed by atoms with Gasteiger partial charge in [0.1, 0.15) is 6.04 Å². The Kier molecular flexibility index (Phi) is 2.72. The molecule has 2 rings (SSSR count). The van der Waals surface area contributed by atoms with Crippen LogP contribution in [0.4, 0.5) is 0 Å². The van der Waals surface area contributed by atoms with Gasteiger partial charge in [0.15, 0.2) is 0 Å². The highest BCUT2D eigenvalue weighted by Crippen LogP contribution is 2.30. The van der Waals surface area contributed by atoms with Crippen molar-refractivity contribution < 1.29 is 9.53 Å². The number of methoxy groups -OCH3 is 1. The van der Waals surface area contributed by atoms with E-state index in [1.807, 2.05) is 12.1 Å². The van der Waals surface area contributed by atoms with Gasteiger partial charge in [-0.1, -0.05) is 24.3 Å². The number of esters is 1. The van der Waals surface area contributed by atoms with Crippen LogP contribution < -0.4 is 5.32 Å². The Labute approximate surface area is 95.8 Å². The Hall–Kier alpha value is -1.35. The topological polar surface area (TPSA) is 38.3 Å². The van der Waals surface area contributed by atoms with E-state index in [1.54, 1.807) is 0 Å². The molecule has 1 atom stereocenters. The number of rotatable bonds is 1. The van der Waals surface area contributed by atoms with E-state index in [2.05, 4.69) is 31.3 Å². The number of fused-ring (bicyclic) bond motifs is 1. The van der Waals surface area contributed by atoms with Gasteiger partial charge < -0.3 is 4.74 Å². The third-order valence-electron chi connectivity index (χ3n) is 3.14. The molecule has 0 radical (unpaired) electrons. The van der Waals surface area contributed by atoms with Gasteiger partial charge in [0.2, 0.25) is 0 Å². The lowest BCUT2D eigenvalue weighted by molar-refractivity contribution is -0.144. The lowest BCUT2D eigenvalue weighted by atomic mass is 9.82. The molecule has 16 heavy (non-hydrogen) atoms. The summed E-state index contributed by atoms with van der Waals surface area (Å²) < 4.78 is 4.80. The second-order valence-electron chi connectivity index (χ2n) is 4.71. The Morgan fingerprint density at radius 2 is 2.12 bits per heavy atom. The highest BCUT2D eigenvalue weighted by molar-refractivity contribution is 5.76. The maximum Gasteiger partial charge on any atom is 0.323 e. The van der Waals surface area contributed by atoms with E-state index >= 15 is 0 Å². The van der Waals surface area contributed by atoms with Crippen molar-refractivity contribution >= 4 is 5.97 Å². The third kappa shape index (κ3) is 1.83. The van der Waals surface area contributed by atoms with Gasteiger partial charge in [-0.25, -0.2) is 0 Å². The van der Waals surface area contributed by atoms with Crippen LogP contribution in [-0.2, 0) is 21.5 Å². The van der Waals surface area contributed by atoms with Crippen molar-refractivity contribution in [1.82, 2.24) is 5.32 Å². The number of nitrogens with one attached hydrogen (secondary N) is 1. The highest BCUT2D eigenvalue weighted by atomic mass is 16.5. The number of ether oxygens (including phenoxy) is 1. The molecule has 1 aromatic rings. The van der Waals surface area contributed by atoms with Gasteiger partial charge in [-0.2, -0.15) is 0 Å². The van der Waals surface area contributed by atoms with E-state index in [-0.39, 0.29) is 17.6 Å². The predicted octanol–water partition coefficient (Wildman–Crippen LogP) is 1.61. The van der Waals surface area contributed by atoms with Gasteiger partial charge in [0.05, 0.1) is 7.11 Å². The van der Waals surface area contributed by atoms with Crippen LogP contribution >= 0.6 is 0 Å². The van der Waals surface area contributed by atoms with Crippen molar-refractivity contribution in [1.29, 1.82) is 0 Å². The molecule has 3 nitrogen and oxygen atoms in total. The average Bonchev–Trinajstić information content (AvgIpc) is 2.27. The van der Waals surface area contributed by atoms with Crippen LogP contribution in [0.5, 0.6) is 0 Å². The van der Waals surface area contributed by atoms with Crippen molar-refractivity contribution in [3.8, 4) is 0 Å². The van der Waals surface area contributed by atoms with Crippen LogP contribution in [0, 0.1) is 0 Å². The molecule has 3 heteroatoms. The molecule has 0 spiro atoms. The van der Waals surface area contributed by atoms with Crippen molar-refractivity contribution in [2.75, 3.05) is 7.11 Å². The summed E-state index contributed by atoms with van der Waals surface area (Å²) in [7, 11) is 1.43. The van der Waals surface area contributed by atoms with Gasteiger partial charge in [-0.15, -0.1) is 0 Å². The summed E-state index contributed by atoms with van der Waals surface area (Å²) in [5, 5.41) is 3.33. The van der Waals surface area contributed by atoms with Crippen molar-refractivity contribution in [3.63, 3.8) is 0 Å². The summed E-state index contributed by atoms with van der Waals surface area (Å²) in [5.41, 5.74) is 2.30. The van der Waals surface area contributed by atoms with Crippen LogP contribution in [0.1, 0.15) is 25.0 Å². The minimum atomic E-state index is -0.241. The number of carbonyl (C=O) groups is 1. The molecule has 1 aliphatic rings. The van der Waals surface area contributed by atoms with E-state index in [0.717, 1.165) is 0 Å². The molecule has 0 unspecified atom stereocenters. The molecule has 0 saturated heterocycles. The smallest absolute Gasteiger partial charge is 0.323 e. The van der Waals surface area contributed by atoms with Gasteiger partial charge in [0.25, 0.3) is 0 Å². The van der Waals surface area contributed by atoms with Crippen LogP contribution in [0.25, 0.3) is 0 Å². The fourth-order valence-corrected chi connectivity index (χ4v) is 2.38. The summed E-state index contributed by atoms with van der Waals surface area (Å²) in [6.45, 7) is 4.17. The van der Waals surface area contributed by atoms with E-state index in [9.17, 15) is 4.79 Å². The first-order valence-corrected chi connectivity index (χ1v) is 5.48. The minimum Gasteiger partial charge on any atom is -0.468 e. The normalized spacial score (nSPS) is 22.3. The first-order chi connectivity index (χ1) is 7.54. The molecule has 0 amide bonds. The monoisotopic (exact) mass is 219 g/mol. The van der Waals surface area contributed by atoms with E-state index in [4.69, 9.17) is 4.74 Å². The summed E-state index contributed by atoms with van der Waals surface area (Å²) in [5.74, 6) is -0.192. The van der Waals surface area contributed by atoms with Gasteiger partial charge in [0, 0.05) is 5.54 Å². The summed E-state index contributed by atoms with van der Waals surface area (Å²) >= 11 is 0. The molecule has 1 heterocycles. The van der Waals surface area contributed by atoms with Crippen LogP contribution in [0.15, 0.2) is 24.3 Å². The second kappa shape index (κ2) is 3.91. The standard InChI is InChI=1S/C13H17NO2/c1-13(2)10-7-5-4-6-9(10)8-11(14-13)12(15)16-3/h4-7,11,14H,8H2,1-3H3/t11-/m1/s1. The number of hydrogen-bond acceptors (Lipinski definition) is 3. The molecule has 0 bridgehead atoms. The SMILES string of the molecule is COC(=O)[C@H]1Cc2ccccc2C(C)(C)N1. The first-order valence-electron chi connectivity index (χ1n) is 5.48. The zero-order valence-electron chi connectivity index (χ0n) is 9.91. The molecule has 1 N–H and O–H groups in total. The molecule has 0 aromatic heterocycles. The minimum absolute atomic E-state index is 0.187. The Morgan fingerprint density at radius 3 is 2.81 bits per heavy atom. The third-order valence-corrected chi connectivity index (χ3v) is 3.14. The number of benzene rings is 1. The first kappa shape index (κ1) is 11.1. The fourth-order valence-electron chi connectivity index (χ4n) is 2.38. The maximum absolute atomic E-state index is 11.6. The van der Waals surface area contributed by atoms with Crippen molar-refractivity contribution in [2.24, 2.45) is 0 Å². The molecule has 1 aromatic carbocycles. The average molecular weight is 219 g/mol. The molecule has 86 valence electrons. The largest absolute Gasteiger partial charge is 0.468 e. The molecular formula is C13H17NO2. The molecule has 0 fully saturated rings. The second-order valence-corrected chi connectivity index (χ2v) is 4.71. The summed E-state index contributed by atoms with van der Waals surface area (Å²) in [6.07, 6.45) is 0.701. The lowest BCUT2D eigenvalue weighted by Crippen LogP contribution is -2.53. The van der Waals surface area contributed by atoms with Crippen LogP contribution in [0.2, 0.25) is 0 Å². The van der Waals surface area contributed by atoms with Gasteiger partial charge in [-0.3, -0.25) is 10.1 Å². The van der Waals surface area contributed by atoms with E-state index in [0.29, 0.717) is 6.42 Å². The Balaban J connectivity index is 2.37. The highest BCUT2D eigenvalue weighted by Gasteiger charge is 2.35. The van der Waals surface area contributed by atoms with E-state index < -0.39 is 0 Å². The molecule has 0 saturated carbocycles. The number of hydrogen-bond donors (Lipinski definition) is 1. The Morgan fingerprint density at radius 1 is 1.44 bits per heavy atom. The molecule has 1 aliphatic heterocycles. The maximum atomic E-state index is 11.6. The Bertz CT molecular complexity index is 412. The summed E-state index contributed by atoms with van der Waals surface area (Å²) in [4.78, 5) is 11.6. The quantitative estimate of drug-likeness (QED) is 0.729. The van der Waals surface area contributed by atoms with Crippen LogP contribution in [0.3, 0.4) is 0 Å². The zero-order valence-corrected chi connectivity index (χ0v) is 9.91. The van der Waals surface area contributed by atoms with Crippen molar-refractivity contribution in [2.45, 2.75) is 31.8 Å². The van der Waals surface area contributed by atoms with E-state index in [1.165, 1.54) is 18.2 Å². The summed E-state index contributed by atoms with van der Waals surface area (Å²) in [6, 6.07) is 7.98. The van der Waals surface area contributed by atoms with Gasteiger partial charge >= 0.3 is 5.97 Å². The van der Waals surface area contributed by atoms with Gasteiger partial charge in [-0.05, 0) is 31.4 Å². The van der Waals surface area contributed by atoms with Crippen LogP contribution in [-0.4, -0.2) is 19.1 Å². The predicted molar refractivity (Wildman–Crippen MR) is 62.1 cm³/mol. The molecular weight excluding hydrogens is 202 g/mol. The zero-order chi connectivity index (χ0) is 11.8. The number of carbonyl (C=O) groups excluding carboxylic acids is 1.